The van der Waals surface area contributed by atoms with Crippen LogP contribution in [0, 0.1) is 13.8 Å². The Labute approximate surface area is 120 Å². The Bertz CT molecular complexity index is 723. The van der Waals surface area contributed by atoms with E-state index in [-0.39, 0.29) is 16.4 Å². The second-order valence-corrected chi connectivity index (χ2v) is 9.55. The highest BCUT2D eigenvalue weighted by molar-refractivity contribution is 7.92. The Balaban J connectivity index is 2.32. The molecule has 1 aliphatic heterocycles. The van der Waals surface area contributed by atoms with E-state index in [1.165, 1.54) is 11.4 Å². The summed E-state index contributed by atoms with van der Waals surface area (Å²) in [5, 5.41) is 0. The molecule has 0 amide bonds. The lowest BCUT2D eigenvalue weighted by Crippen LogP contribution is -2.37. The predicted octanol–water partition coefficient (Wildman–Crippen LogP) is 1.11. The number of benzene rings is 1. The van der Waals surface area contributed by atoms with Gasteiger partial charge in [-0.3, -0.25) is 0 Å². The van der Waals surface area contributed by atoms with Crippen LogP contribution >= 0.6 is 0 Å². The lowest BCUT2D eigenvalue weighted by molar-refractivity contribution is 0.394. The third-order valence-corrected chi connectivity index (χ3v) is 7.53. The van der Waals surface area contributed by atoms with Crippen LogP contribution in [0.1, 0.15) is 17.5 Å². The Kier molecular flexibility index (Phi) is 3.96. The van der Waals surface area contributed by atoms with Gasteiger partial charge in [0.25, 0.3) is 0 Å². The molecule has 112 valence electrons. The van der Waals surface area contributed by atoms with Crippen molar-refractivity contribution >= 4 is 19.9 Å². The van der Waals surface area contributed by atoms with Crippen molar-refractivity contribution in [2.75, 3.05) is 18.6 Å². The summed E-state index contributed by atoms with van der Waals surface area (Å²) in [5.41, 5.74) is 1.92. The van der Waals surface area contributed by atoms with Crippen molar-refractivity contribution in [2.45, 2.75) is 31.2 Å². The highest BCUT2D eigenvalue weighted by Crippen LogP contribution is 2.24. The maximum atomic E-state index is 12.5. The molecule has 1 unspecified atom stereocenters. The Morgan fingerprint density at radius 2 is 1.85 bits per heavy atom. The number of hydrogen-bond donors (Lipinski definition) is 0. The fraction of sp³-hybridized carbons (Fsp3) is 0.538. The van der Waals surface area contributed by atoms with E-state index in [4.69, 9.17) is 0 Å². The standard InChI is InChI=1S/C13H19NO4S2/c1-10-4-5-13(8-11(10)2)20(17,18)14(3)12-6-7-19(15,16)9-12/h4-5,8,12H,6-7,9H2,1-3H3. The van der Waals surface area contributed by atoms with Crippen molar-refractivity contribution in [1.82, 2.24) is 4.31 Å². The lowest BCUT2D eigenvalue weighted by atomic mass is 10.1. The van der Waals surface area contributed by atoms with Crippen molar-refractivity contribution in [3.8, 4) is 0 Å². The molecule has 1 fully saturated rings. The largest absolute Gasteiger partial charge is 0.243 e. The molecule has 0 radical (unpaired) electrons. The molecule has 0 bridgehead atoms. The summed E-state index contributed by atoms with van der Waals surface area (Å²) < 4.78 is 49.2. The van der Waals surface area contributed by atoms with Gasteiger partial charge in [-0.15, -0.1) is 0 Å². The number of rotatable bonds is 3. The Morgan fingerprint density at radius 3 is 2.35 bits per heavy atom. The van der Waals surface area contributed by atoms with Gasteiger partial charge in [0.05, 0.1) is 16.4 Å². The van der Waals surface area contributed by atoms with E-state index in [1.807, 2.05) is 13.8 Å². The molecule has 0 N–H and O–H groups in total. The van der Waals surface area contributed by atoms with Crippen molar-refractivity contribution < 1.29 is 16.8 Å². The molecule has 1 heterocycles. The molecule has 5 nitrogen and oxygen atoms in total. The second kappa shape index (κ2) is 5.13. The van der Waals surface area contributed by atoms with Crippen molar-refractivity contribution in [1.29, 1.82) is 0 Å². The van der Waals surface area contributed by atoms with Crippen molar-refractivity contribution in [3.05, 3.63) is 29.3 Å². The monoisotopic (exact) mass is 317 g/mol. The SMILES string of the molecule is Cc1ccc(S(=O)(=O)N(C)C2CCS(=O)(=O)C2)cc1C. The van der Waals surface area contributed by atoms with Crippen LogP contribution in [0.25, 0.3) is 0 Å². The van der Waals surface area contributed by atoms with E-state index in [2.05, 4.69) is 0 Å². The van der Waals surface area contributed by atoms with Crippen LogP contribution in [0.3, 0.4) is 0 Å². The summed E-state index contributed by atoms with van der Waals surface area (Å²) in [5.74, 6) is -0.0297. The molecule has 7 heteroatoms. The van der Waals surface area contributed by atoms with Gasteiger partial charge in [-0.1, -0.05) is 6.07 Å². The molecular formula is C13H19NO4S2. The third-order valence-electron chi connectivity index (χ3n) is 3.88. The molecule has 1 aromatic rings. The van der Waals surface area contributed by atoms with E-state index >= 15 is 0 Å². The van der Waals surface area contributed by atoms with Crippen LogP contribution in [0.15, 0.2) is 23.1 Å². The minimum absolute atomic E-state index is 0.0600. The van der Waals surface area contributed by atoms with Gasteiger partial charge in [0.2, 0.25) is 10.0 Å². The van der Waals surface area contributed by atoms with E-state index in [0.29, 0.717) is 6.42 Å². The molecule has 2 rings (SSSR count). The van der Waals surface area contributed by atoms with E-state index < -0.39 is 25.9 Å². The number of hydrogen-bond acceptors (Lipinski definition) is 4. The van der Waals surface area contributed by atoms with E-state index in [1.54, 1.807) is 18.2 Å². The average Bonchev–Trinajstić information content (AvgIpc) is 2.72. The van der Waals surface area contributed by atoms with Gasteiger partial charge >= 0.3 is 0 Å². The normalized spacial score (nSPS) is 22.3. The van der Waals surface area contributed by atoms with Crippen molar-refractivity contribution in [3.63, 3.8) is 0 Å². The summed E-state index contributed by atoms with van der Waals surface area (Å²) in [4.78, 5) is 0.215. The first-order valence-corrected chi connectivity index (χ1v) is 9.65. The summed E-state index contributed by atoms with van der Waals surface area (Å²) >= 11 is 0. The lowest BCUT2D eigenvalue weighted by Gasteiger charge is -2.23. The maximum Gasteiger partial charge on any atom is 0.243 e. The van der Waals surface area contributed by atoms with E-state index in [9.17, 15) is 16.8 Å². The van der Waals surface area contributed by atoms with Crippen LogP contribution < -0.4 is 0 Å². The summed E-state index contributed by atoms with van der Waals surface area (Å²) in [6.45, 7) is 3.77. The minimum atomic E-state index is -3.64. The number of nitrogens with zero attached hydrogens (tertiary/aromatic N) is 1. The van der Waals surface area contributed by atoms with Crippen LogP contribution in [-0.2, 0) is 19.9 Å². The zero-order valence-corrected chi connectivity index (χ0v) is 13.5. The molecular weight excluding hydrogens is 298 g/mol. The first-order valence-electron chi connectivity index (χ1n) is 6.39. The van der Waals surface area contributed by atoms with E-state index in [0.717, 1.165) is 11.1 Å². The summed E-state index contributed by atoms with van der Waals surface area (Å²) in [6.07, 6.45) is 0.364. The zero-order chi connectivity index (χ0) is 15.1. The predicted molar refractivity (Wildman–Crippen MR) is 77.9 cm³/mol. The molecule has 1 saturated heterocycles. The smallest absolute Gasteiger partial charge is 0.229 e. The second-order valence-electron chi connectivity index (χ2n) is 5.32. The van der Waals surface area contributed by atoms with Gasteiger partial charge < -0.3 is 0 Å². The molecule has 0 saturated carbocycles. The highest BCUT2D eigenvalue weighted by atomic mass is 32.2. The quantitative estimate of drug-likeness (QED) is 0.837. The van der Waals surface area contributed by atoms with Gasteiger partial charge in [0.15, 0.2) is 9.84 Å². The zero-order valence-electron chi connectivity index (χ0n) is 11.8. The first kappa shape index (κ1) is 15.5. The maximum absolute atomic E-state index is 12.5. The van der Waals surface area contributed by atoms with Crippen LogP contribution in [0.5, 0.6) is 0 Å². The number of sulfone groups is 1. The van der Waals surface area contributed by atoms with Crippen LogP contribution in [0.4, 0.5) is 0 Å². The van der Waals surface area contributed by atoms with Crippen LogP contribution in [0.2, 0.25) is 0 Å². The topological polar surface area (TPSA) is 71.5 Å². The Morgan fingerprint density at radius 1 is 1.20 bits per heavy atom. The fourth-order valence-electron chi connectivity index (χ4n) is 2.30. The van der Waals surface area contributed by atoms with Crippen LogP contribution in [-0.4, -0.2) is 45.7 Å². The molecule has 1 atom stereocenters. The van der Waals surface area contributed by atoms with Gasteiger partial charge in [-0.05, 0) is 43.5 Å². The third kappa shape index (κ3) is 2.89. The summed E-state index contributed by atoms with van der Waals surface area (Å²) in [6, 6.07) is 4.50. The highest BCUT2D eigenvalue weighted by Gasteiger charge is 2.36. The Hall–Kier alpha value is -0.920. The molecule has 0 spiro atoms. The van der Waals surface area contributed by atoms with Gasteiger partial charge in [0.1, 0.15) is 0 Å². The van der Waals surface area contributed by atoms with Crippen molar-refractivity contribution in [2.24, 2.45) is 0 Å². The molecule has 20 heavy (non-hydrogen) atoms. The average molecular weight is 317 g/mol. The molecule has 1 aromatic carbocycles. The minimum Gasteiger partial charge on any atom is -0.229 e. The fourth-order valence-corrected chi connectivity index (χ4v) is 5.64. The van der Waals surface area contributed by atoms with Gasteiger partial charge in [0, 0.05) is 13.1 Å². The number of aryl methyl sites for hydroxylation is 2. The molecule has 1 aliphatic rings. The van der Waals surface area contributed by atoms with Gasteiger partial charge in [-0.2, -0.15) is 4.31 Å². The molecule has 0 aromatic heterocycles. The van der Waals surface area contributed by atoms with Gasteiger partial charge in [-0.25, -0.2) is 16.8 Å². The first-order chi connectivity index (χ1) is 9.13. The summed E-state index contributed by atoms with van der Waals surface area (Å²) in [7, 11) is -5.29. The number of sulfonamides is 1. The molecule has 0 aliphatic carbocycles.